The lowest BCUT2D eigenvalue weighted by molar-refractivity contribution is -0.140. The van der Waals surface area contributed by atoms with Crippen molar-refractivity contribution in [3.8, 4) is 11.8 Å². The number of rotatable bonds is 6. The Kier molecular flexibility index (Phi) is 6.87. The number of carbonyl (C=O) groups is 1. The van der Waals surface area contributed by atoms with Crippen molar-refractivity contribution in [2.45, 2.75) is 64.7 Å². The second-order valence-electron chi connectivity index (χ2n) is 7.76. The second kappa shape index (κ2) is 9.55. The molecule has 3 nitrogen and oxygen atoms in total. The maximum absolute atomic E-state index is 12.6. The minimum absolute atomic E-state index is 0.0759. The molecule has 0 unspecified atom stereocenters. The number of nitriles is 1. The molecule has 0 N–H and O–H groups in total. The van der Waals surface area contributed by atoms with Crippen LogP contribution in [0.25, 0.3) is 0 Å². The molecule has 0 atom stereocenters. The summed E-state index contributed by atoms with van der Waals surface area (Å²) in [5, 5.41) is 9.33. The molecule has 1 saturated carbocycles. The number of aryl methyl sites for hydroxylation is 2. The molecule has 2 aromatic rings. The van der Waals surface area contributed by atoms with Crippen LogP contribution < -0.4 is 4.74 Å². The highest BCUT2D eigenvalue weighted by Crippen LogP contribution is 2.36. The molecule has 0 radical (unpaired) electrons. The Balaban J connectivity index is 1.57. The van der Waals surface area contributed by atoms with Gasteiger partial charge in [-0.25, -0.2) is 0 Å². The second-order valence-corrected chi connectivity index (χ2v) is 7.76. The molecule has 0 aliphatic heterocycles. The molecular formula is C25H29NO2. The SMILES string of the molecule is CCCc1ccc(C2CCC(C(=O)Oc3ccc(CC)cc3C#N)CC2)cc1. The van der Waals surface area contributed by atoms with Crippen LogP contribution in [0.5, 0.6) is 5.75 Å². The van der Waals surface area contributed by atoms with Gasteiger partial charge in [-0.3, -0.25) is 4.79 Å². The van der Waals surface area contributed by atoms with Crippen molar-refractivity contribution in [1.82, 2.24) is 0 Å². The van der Waals surface area contributed by atoms with Gasteiger partial charge >= 0.3 is 5.97 Å². The molecule has 0 heterocycles. The summed E-state index contributed by atoms with van der Waals surface area (Å²) in [5.41, 5.74) is 4.29. The van der Waals surface area contributed by atoms with Crippen LogP contribution in [0.1, 0.15) is 74.1 Å². The normalized spacial score (nSPS) is 19.0. The number of esters is 1. The van der Waals surface area contributed by atoms with Crippen LogP contribution in [0.2, 0.25) is 0 Å². The Labute approximate surface area is 168 Å². The van der Waals surface area contributed by atoms with Gasteiger partial charge in [0.2, 0.25) is 0 Å². The molecule has 0 bridgehead atoms. The van der Waals surface area contributed by atoms with Crippen molar-refractivity contribution < 1.29 is 9.53 Å². The van der Waals surface area contributed by atoms with Crippen LogP contribution in [0.4, 0.5) is 0 Å². The van der Waals surface area contributed by atoms with E-state index in [0.29, 0.717) is 17.2 Å². The third-order valence-electron chi connectivity index (χ3n) is 5.83. The molecule has 2 aromatic carbocycles. The van der Waals surface area contributed by atoms with Gasteiger partial charge in [-0.15, -0.1) is 0 Å². The zero-order valence-corrected chi connectivity index (χ0v) is 16.9. The largest absolute Gasteiger partial charge is 0.425 e. The first-order chi connectivity index (χ1) is 13.6. The van der Waals surface area contributed by atoms with Crippen molar-refractivity contribution in [1.29, 1.82) is 5.26 Å². The van der Waals surface area contributed by atoms with Gasteiger partial charge in [0.05, 0.1) is 11.5 Å². The molecule has 3 rings (SSSR count). The first-order valence-electron chi connectivity index (χ1n) is 10.5. The number of benzene rings is 2. The number of nitrogens with zero attached hydrogens (tertiary/aromatic N) is 1. The third-order valence-corrected chi connectivity index (χ3v) is 5.83. The predicted octanol–water partition coefficient (Wildman–Crippen LogP) is 5.95. The van der Waals surface area contributed by atoms with Crippen LogP contribution in [0, 0.1) is 17.2 Å². The summed E-state index contributed by atoms with van der Waals surface area (Å²) in [7, 11) is 0. The highest BCUT2D eigenvalue weighted by Gasteiger charge is 2.29. The van der Waals surface area contributed by atoms with Gasteiger partial charge in [0, 0.05) is 0 Å². The van der Waals surface area contributed by atoms with E-state index in [4.69, 9.17) is 4.74 Å². The summed E-state index contributed by atoms with van der Waals surface area (Å²) in [6.07, 6.45) is 6.85. The van der Waals surface area contributed by atoms with Crippen molar-refractivity contribution in [2.24, 2.45) is 5.92 Å². The molecule has 1 fully saturated rings. The van der Waals surface area contributed by atoms with E-state index in [-0.39, 0.29) is 11.9 Å². The molecule has 146 valence electrons. The maximum Gasteiger partial charge on any atom is 0.314 e. The number of carbonyl (C=O) groups excluding carboxylic acids is 1. The lowest BCUT2D eigenvalue weighted by Crippen LogP contribution is -2.25. The van der Waals surface area contributed by atoms with E-state index in [9.17, 15) is 10.1 Å². The van der Waals surface area contributed by atoms with Crippen LogP contribution in [0.15, 0.2) is 42.5 Å². The van der Waals surface area contributed by atoms with Gasteiger partial charge in [-0.2, -0.15) is 5.26 Å². The Morgan fingerprint density at radius 2 is 1.71 bits per heavy atom. The molecule has 0 aromatic heterocycles. The predicted molar refractivity (Wildman–Crippen MR) is 111 cm³/mol. The van der Waals surface area contributed by atoms with Gasteiger partial charge < -0.3 is 4.74 Å². The average molecular weight is 376 g/mol. The van der Waals surface area contributed by atoms with E-state index in [2.05, 4.69) is 37.3 Å². The summed E-state index contributed by atoms with van der Waals surface area (Å²) in [4.78, 5) is 12.6. The van der Waals surface area contributed by atoms with Crippen LogP contribution in [-0.4, -0.2) is 5.97 Å². The molecule has 1 aliphatic carbocycles. The molecule has 0 amide bonds. The van der Waals surface area contributed by atoms with Gasteiger partial charge in [-0.05, 0) is 73.3 Å². The molecule has 1 aliphatic rings. The Morgan fingerprint density at radius 3 is 2.32 bits per heavy atom. The fraction of sp³-hybridized carbons (Fsp3) is 0.440. The van der Waals surface area contributed by atoms with E-state index in [1.807, 2.05) is 19.1 Å². The van der Waals surface area contributed by atoms with E-state index < -0.39 is 0 Å². The summed E-state index contributed by atoms with van der Waals surface area (Å²) >= 11 is 0. The quantitative estimate of drug-likeness (QED) is 0.463. The zero-order valence-electron chi connectivity index (χ0n) is 16.9. The Morgan fingerprint density at radius 1 is 1.04 bits per heavy atom. The fourth-order valence-electron chi connectivity index (χ4n) is 4.07. The van der Waals surface area contributed by atoms with E-state index >= 15 is 0 Å². The van der Waals surface area contributed by atoms with Gasteiger partial charge in [0.1, 0.15) is 11.8 Å². The van der Waals surface area contributed by atoms with E-state index in [1.165, 1.54) is 17.5 Å². The topological polar surface area (TPSA) is 50.1 Å². The summed E-state index contributed by atoms with van der Waals surface area (Å²) in [5.74, 6) is 0.641. The first-order valence-corrected chi connectivity index (χ1v) is 10.5. The molecular weight excluding hydrogens is 346 g/mol. The zero-order chi connectivity index (χ0) is 19.9. The van der Waals surface area contributed by atoms with Crippen molar-refractivity contribution in [3.05, 3.63) is 64.7 Å². The smallest absolute Gasteiger partial charge is 0.314 e. The number of ether oxygens (including phenoxy) is 1. The van der Waals surface area contributed by atoms with Crippen LogP contribution in [-0.2, 0) is 17.6 Å². The highest BCUT2D eigenvalue weighted by atomic mass is 16.5. The third kappa shape index (κ3) is 4.81. The number of hydrogen-bond donors (Lipinski definition) is 0. The number of hydrogen-bond acceptors (Lipinski definition) is 3. The standard InChI is InChI=1S/C25H29NO2/c1-3-5-19-6-9-20(10-7-19)21-11-13-22(14-12-21)25(27)28-24-15-8-18(4-2)16-23(24)17-26/h6-10,15-16,21-22H,3-5,11-14H2,1-2H3. The van der Waals surface area contributed by atoms with Gasteiger partial charge in [-0.1, -0.05) is 50.6 Å². The van der Waals surface area contributed by atoms with Crippen molar-refractivity contribution >= 4 is 5.97 Å². The monoisotopic (exact) mass is 375 g/mol. The summed E-state index contributed by atoms with van der Waals surface area (Å²) in [6, 6.07) is 16.6. The first kappa shape index (κ1) is 20.1. The average Bonchev–Trinajstić information content (AvgIpc) is 2.75. The van der Waals surface area contributed by atoms with Gasteiger partial charge in [0.25, 0.3) is 0 Å². The Hall–Kier alpha value is -2.60. The molecule has 0 saturated heterocycles. The van der Waals surface area contributed by atoms with Crippen LogP contribution in [0.3, 0.4) is 0 Å². The lowest BCUT2D eigenvalue weighted by Gasteiger charge is -2.27. The molecule has 0 spiro atoms. The lowest BCUT2D eigenvalue weighted by atomic mass is 9.78. The Bertz CT molecular complexity index is 840. The fourth-order valence-corrected chi connectivity index (χ4v) is 4.07. The van der Waals surface area contributed by atoms with Gasteiger partial charge in [0.15, 0.2) is 0 Å². The van der Waals surface area contributed by atoms with Crippen LogP contribution >= 0.6 is 0 Å². The molecule has 3 heteroatoms. The maximum atomic E-state index is 12.6. The van der Waals surface area contributed by atoms with Crippen molar-refractivity contribution in [3.63, 3.8) is 0 Å². The van der Waals surface area contributed by atoms with E-state index in [0.717, 1.165) is 44.1 Å². The summed E-state index contributed by atoms with van der Waals surface area (Å²) in [6.45, 7) is 4.24. The minimum Gasteiger partial charge on any atom is -0.425 e. The van der Waals surface area contributed by atoms with Crippen molar-refractivity contribution in [2.75, 3.05) is 0 Å². The summed E-state index contributed by atoms with van der Waals surface area (Å²) < 4.78 is 5.60. The van der Waals surface area contributed by atoms with E-state index in [1.54, 1.807) is 6.07 Å². The highest BCUT2D eigenvalue weighted by molar-refractivity contribution is 5.76. The minimum atomic E-state index is -0.197. The molecule has 28 heavy (non-hydrogen) atoms.